The number of nitrogens with zero attached hydrogens (tertiary/aromatic N) is 1. The van der Waals surface area contributed by atoms with Crippen molar-refractivity contribution in [2.75, 3.05) is 6.61 Å². The van der Waals surface area contributed by atoms with Crippen LogP contribution in [-0.2, 0) is 0 Å². The molecule has 2 N–H and O–H groups in total. The summed E-state index contributed by atoms with van der Waals surface area (Å²) >= 11 is 1.64. The Hall–Kier alpha value is -0.450. The minimum atomic E-state index is 0.0248. The third-order valence-electron chi connectivity index (χ3n) is 3.41. The van der Waals surface area contributed by atoms with Crippen molar-refractivity contribution in [3.63, 3.8) is 0 Å². The summed E-state index contributed by atoms with van der Waals surface area (Å²) in [7, 11) is 0. The highest BCUT2D eigenvalue weighted by Crippen LogP contribution is 2.22. The number of hydrogen-bond donors (Lipinski definition) is 2. The fourth-order valence-electron chi connectivity index (χ4n) is 2.46. The molecule has 4 heteroatoms. The summed E-state index contributed by atoms with van der Waals surface area (Å²) in [6.45, 7) is 2.14. The fraction of sp³-hybridized carbons (Fsp3) is 0.769. The van der Waals surface area contributed by atoms with E-state index in [0.29, 0.717) is 6.04 Å². The minimum Gasteiger partial charge on any atom is -0.394 e. The van der Waals surface area contributed by atoms with Gasteiger partial charge in [0, 0.05) is 17.1 Å². The molecule has 0 spiro atoms. The Kier molecular flexibility index (Phi) is 4.95. The highest BCUT2D eigenvalue weighted by Gasteiger charge is 2.19. The molecule has 0 bridgehead atoms. The van der Waals surface area contributed by atoms with Crippen molar-refractivity contribution in [1.29, 1.82) is 0 Å². The van der Waals surface area contributed by atoms with E-state index < -0.39 is 0 Å². The average molecular weight is 254 g/mol. The maximum Gasteiger partial charge on any atom is 0.112 e. The largest absolute Gasteiger partial charge is 0.394 e. The van der Waals surface area contributed by atoms with Crippen molar-refractivity contribution >= 4 is 11.3 Å². The number of aryl methyl sites for hydroxylation is 1. The smallest absolute Gasteiger partial charge is 0.112 e. The summed E-state index contributed by atoms with van der Waals surface area (Å²) < 4.78 is 0. The lowest BCUT2D eigenvalue weighted by Gasteiger charge is -2.22. The van der Waals surface area contributed by atoms with Gasteiger partial charge in [-0.2, -0.15) is 0 Å². The van der Waals surface area contributed by atoms with Crippen LogP contribution in [0.2, 0.25) is 0 Å². The zero-order valence-corrected chi connectivity index (χ0v) is 11.3. The maximum atomic E-state index is 9.49. The van der Waals surface area contributed by atoms with Gasteiger partial charge in [0.15, 0.2) is 0 Å². The summed E-state index contributed by atoms with van der Waals surface area (Å²) in [6.07, 6.45) is 7.82. The van der Waals surface area contributed by atoms with E-state index >= 15 is 0 Å². The van der Waals surface area contributed by atoms with Crippen LogP contribution < -0.4 is 5.32 Å². The molecule has 17 heavy (non-hydrogen) atoms. The first-order valence-corrected chi connectivity index (χ1v) is 7.46. The van der Waals surface area contributed by atoms with Crippen molar-refractivity contribution in [1.82, 2.24) is 10.3 Å². The highest BCUT2D eigenvalue weighted by molar-refractivity contribution is 7.09. The van der Waals surface area contributed by atoms with E-state index in [1.54, 1.807) is 11.3 Å². The van der Waals surface area contributed by atoms with Crippen LogP contribution in [0.25, 0.3) is 0 Å². The van der Waals surface area contributed by atoms with E-state index in [1.165, 1.54) is 38.5 Å². The molecule has 96 valence electrons. The minimum absolute atomic E-state index is 0.0248. The standard InChI is InChI=1S/C13H22N2OS/c1-10-9-17-13(14-10)12(8-16)15-11-6-4-2-3-5-7-11/h9,11-12,15-16H,2-8H2,1H3. The van der Waals surface area contributed by atoms with Crippen molar-refractivity contribution in [2.24, 2.45) is 0 Å². The molecule has 3 nitrogen and oxygen atoms in total. The van der Waals surface area contributed by atoms with Gasteiger partial charge in [-0.1, -0.05) is 25.7 Å². The molecule has 1 heterocycles. The van der Waals surface area contributed by atoms with Crippen LogP contribution in [-0.4, -0.2) is 22.7 Å². The normalized spacial score (nSPS) is 20.1. The zero-order valence-electron chi connectivity index (χ0n) is 10.5. The Balaban J connectivity index is 1.94. The van der Waals surface area contributed by atoms with Crippen LogP contribution >= 0.6 is 11.3 Å². The van der Waals surface area contributed by atoms with Crippen LogP contribution in [0.4, 0.5) is 0 Å². The average Bonchev–Trinajstić information content (AvgIpc) is 2.62. The summed E-state index contributed by atoms with van der Waals surface area (Å²) in [6, 6.07) is 0.579. The first kappa shape index (κ1) is 13.0. The molecule has 0 radical (unpaired) electrons. The topological polar surface area (TPSA) is 45.1 Å². The van der Waals surface area contributed by atoms with Gasteiger partial charge < -0.3 is 10.4 Å². The molecule has 0 aromatic carbocycles. The molecule has 1 aromatic rings. The van der Waals surface area contributed by atoms with Gasteiger partial charge in [0.2, 0.25) is 0 Å². The van der Waals surface area contributed by atoms with Gasteiger partial charge in [0.1, 0.15) is 5.01 Å². The van der Waals surface area contributed by atoms with Crippen LogP contribution in [0, 0.1) is 6.92 Å². The van der Waals surface area contributed by atoms with Crippen LogP contribution in [0.5, 0.6) is 0 Å². The van der Waals surface area contributed by atoms with E-state index in [1.807, 2.05) is 12.3 Å². The molecular weight excluding hydrogens is 232 g/mol. The molecule has 1 aliphatic rings. The summed E-state index contributed by atoms with van der Waals surface area (Å²) in [5, 5.41) is 16.1. The molecule has 1 atom stereocenters. The number of hydrogen-bond acceptors (Lipinski definition) is 4. The molecule has 1 aromatic heterocycles. The second-order valence-corrected chi connectivity index (χ2v) is 5.81. The fourth-order valence-corrected chi connectivity index (χ4v) is 3.31. The SMILES string of the molecule is Cc1csc(C(CO)NC2CCCCCC2)n1. The molecule has 1 saturated carbocycles. The van der Waals surface area contributed by atoms with Crippen LogP contribution in [0.15, 0.2) is 5.38 Å². The van der Waals surface area contributed by atoms with Crippen LogP contribution in [0.3, 0.4) is 0 Å². The summed E-state index contributed by atoms with van der Waals surface area (Å²) in [5.74, 6) is 0. The maximum absolute atomic E-state index is 9.49. The second-order valence-electron chi connectivity index (χ2n) is 4.92. The molecule has 0 saturated heterocycles. The van der Waals surface area contributed by atoms with Gasteiger partial charge in [-0.05, 0) is 19.8 Å². The van der Waals surface area contributed by atoms with E-state index in [9.17, 15) is 5.11 Å². The van der Waals surface area contributed by atoms with Crippen molar-refractivity contribution < 1.29 is 5.11 Å². The van der Waals surface area contributed by atoms with E-state index in [0.717, 1.165) is 10.7 Å². The first-order valence-electron chi connectivity index (χ1n) is 6.58. The first-order chi connectivity index (χ1) is 8.29. The Morgan fingerprint density at radius 2 is 2.12 bits per heavy atom. The quantitative estimate of drug-likeness (QED) is 0.812. The van der Waals surface area contributed by atoms with Gasteiger partial charge in [-0.3, -0.25) is 0 Å². The van der Waals surface area contributed by atoms with Crippen molar-refractivity contribution in [2.45, 2.75) is 57.5 Å². The summed E-state index contributed by atoms with van der Waals surface area (Å²) in [5.41, 5.74) is 1.05. The Bertz CT molecular complexity index is 332. The third kappa shape index (κ3) is 3.76. The van der Waals surface area contributed by atoms with E-state index in [2.05, 4.69) is 10.3 Å². The summed E-state index contributed by atoms with van der Waals surface area (Å²) in [4.78, 5) is 4.47. The molecule has 0 aliphatic heterocycles. The predicted octanol–water partition coefficient (Wildman–Crippen LogP) is 2.80. The predicted molar refractivity (Wildman–Crippen MR) is 71.3 cm³/mol. The molecule has 1 fully saturated rings. The van der Waals surface area contributed by atoms with Gasteiger partial charge >= 0.3 is 0 Å². The lowest BCUT2D eigenvalue weighted by molar-refractivity contribution is 0.228. The Morgan fingerprint density at radius 3 is 2.65 bits per heavy atom. The molecular formula is C13H22N2OS. The van der Waals surface area contributed by atoms with Crippen molar-refractivity contribution in [3.05, 3.63) is 16.1 Å². The number of aliphatic hydroxyl groups is 1. The number of aliphatic hydroxyl groups excluding tert-OH is 1. The van der Waals surface area contributed by atoms with Crippen LogP contribution in [0.1, 0.15) is 55.3 Å². The van der Waals surface area contributed by atoms with Crippen molar-refractivity contribution in [3.8, 4) is 0 Å². The molecule has 2 rings (SSSR count). The lowest BCUT2D eigenvalue weighted by atomic mass is 10.1. The molecule has 0 amide bonds. The highest BCUT2D eigenvalue weighted by atomic mass is 32.1. The third-order valence-corrected chi connectivity index (χ3v) is 4.49. The second kappa shape index (κ2) is 6.47. The Labute approximate surface area is 107 Å². The van der Waals surface area contributed by atoms with E-state index in [-0.39, 0.29) is 12.6 Å². The monoisotopic (exact) mass is 254 g/mol. The molecule has 1 aliphatic carbocycles. The van der Waals surface area contributed by atoms with Gasteiger partial charge in [0.25, 0.3) is 0 Å². The van der Waals surface area contributed by atoms with Gasteiger partial charge in [-0.15, -0.1) is 11.3 Å². The number of thiazole rings is 1. The van der Waals surface area contributed by atoms with Gasteiger partial charge in [0.05, 0.1) is 12.6 Å². The number of aromatic nitrogens is 1. The number of nitrogens with one attached hydrogen (secondary N) is 1. The molecule has 1 unspecified atom stereocenters. The van der Waals surface area contributed by atoms with E-state index in [4.69, 9.17) is 0 Å². The number of rotatable bonds is 4. The lowest BCUT2D eigenvalue weighted by Crippen LogP contribution is -2.34. The zero-order chi connectivity index (χ0) is 12.1. The Morgan fingerprint density at radius 1 is 1.41 bits per heavy atom. The van der Waals surface area contributed by atoms with Gasteiger partial charge in [-0.25, -0.2) is 4.98 Å².